The number of benzene rings is 1. The largest absolute Gasteiger partial charge is 0.478 e. The molecule has 0 atom stereocenters. The second-order valence-electron chi connectivity index (χ2n) is 3.80. The van der Waals surface area contributed by atoms with E-state index in [1.807, 2.05) is 6.92 Å². The van der Waals surface area contributed by atoms with Crippen LogP contribution in [0.4, 0.5) is 4.39 Å². The van der Waals surface area contributed by atoms with Gasteiger partial charge in [-0.3, -0.25) is 0 Å². The van der Waals surface area contributed by atoms with Gasteiger partial charge in [0.25, 0.3) is 0 Å². The van der Waals surface area contributed by atoms with E-state index in [0.29, 0.717) is 22.4 Å². The normalized spacial score (nSPS) is 10.3. The molecular formula is C14H12FNO3S. The first kappa shape index (κ1) is 14.3. The number of pyridine rings is 1. The molecular weight excluding hydrogens is 281 g/mol. The van der Waals surface area contributed by atoms with Gasteiger partial charge in [0.15, 0.2) is 0 Å². The van der Waals surface area contributed by atoms with E-state index in [1.54, 1.807) is 18.2 Å². The number of carbonyl (C=O) groups is 1. The van der Waals surface area contributed by atoms with E-state index in [4.69, 9.17) is 9.84 Å². The molecule has 4 nitrogen and oxygen atoms in total. The number of carboxylic acid groups (broad SMARTS) is 1. The average molecular weight is 293 g/mol. The van der Waals surface area contributed by atoms with Crippen molar-refractivity contribution in [2.45, 2.75) is 16.8 Å². The highest BCUT2D eigenvalue weighted by Gasteiger charge is 2.11. The topological polar surface area (TPSA) is 59.4 Å². The molecule has 1 heterocycles. The number of aromatic nitrogens is 1. The van der Waals surface area contributed by atoms with Crippen molar-refractivity contribution in [2.24, 2.45) is 0 Å². The van der Waals surface area contributed by atoms with Crippen LogP contribution in [0, 0.1) is 5.82 Å². The molecule has 0 radical (unpaired) electrons. The van der Waals surface area contributed by atoms with E-state index in [-0.39, 0.29) is 5.56 Å². The Kier molecular flexibility index (Phi) is 4.57. The van der Waals surface area contributed by atoms with E-state index in [2.05, 4.69) is 4.98 Å². The van der Waals surface area contributed by atoms with E-state index in [0.717, 1.165) is 6.07 Å². The zero-order chi connectivity index (χ0) is 14.5. The number of ether oxygens (including phenoxy) is 1. The summed E-state index contributed by atoms with van der Waals surface area (Å²) < 4.78 is 18.6. The van der Waals surface area contributed by atoms with Gasteiger partial charge < -0.3 is 9.84 Å². The van der Waals surface area contributed by atoms with Crippen LogP contribution in [-0.2, 0) is 0 Å². The first-order valence-corrected chi connectivity index (χ1v) is 6.72. The molecule has 2 rings (SSSR count). The Balaban J connectivity index is 2.23. The molecule has 0 aliphatic carbocycles. The molecule has 0 spiro atoms. The fourth-order valence-electron chi connectivity index (χ4n) is 1.53. The summed E-state index contributed by atoms with van der Waals surface area (Å²) in [5.74, 6) is -1.54. The number of rotatable bonds is 5. The van der Waals surface area contributed by atoms with Gasteiger partial charge in [0, 0.05) is 11.0 Å². The van der Waals surface area contributed by atoms with Crippen LogP contribution in [0.2, 0.25) is 0 Å². The van der Waals surface area contributed by atoms with Gasteiger partial charge in [-0.15, -0.1) is 0 Å². The maximum absolute atomic E-state index is 13.3. The van der Waals surface area contributed by atoms with Crippen LogP contribution in [0.5, 0.6) is 5.88 Å². The smallest absolute Gasteiger partial charge is 0.338 e. The first-order chi connectivity index (χ1) is 9.60. The maximum Gasteiger partial charge on any atom is 0.338 e. The molecule has 0 aliphatic rings. The fraction of sp³-hybridized carbons (Fsp3) is 0.143. The summed E-state index contributed by atoms with van der Waals surface area (Å²) in [6.07, 6.45) is 0. The van der Waals surface area contributed by atoms with E-state index in [1.165, 1.54) is 23.9 Å². The standard InChI is InChI=1S/C14H12FNO3S/c1-2-19-12-4-3-5-13(16-12)20-9-6-7-11(15)10(8-9)14(17)18/h3-8H,2H2,1H3,(H,17,18). The monoisotopic (exact) mass is 293 g/mol. The summed E-state index contributed by atoms with van der Waals surface area (Å²) in [6, 6.07) is 9.25. The maximum atomic E-state index is 13.3. The summed E-state index contributed by atoms with van der Waals surface area (Å²) in [6.45, 7) is 2.38. The first-order valence-electron chi connectivity index (χ1n) is 5.90. The van der Waals surface area contributed by atoms with Crippen molar-refractivity contribution in [3.05, 3.63) is 47.8 Å². The lowest BCUT2D eigenvalue weighted by Crippen LogP contribution is -2.00. The van der Waals surface area contributed by atoms with Crippen molar-refractivity contribution in [1.82, 2.24) is 4.98 Å². The summed E-state index contributed by atoms with van der Waals surface area (Å²) in [7, 11) is 0. The van der Waals surface area contributed by atoms with Crippen LogP contribution in [0.3, 0.4) is 0 Å². The number of halogens is 1. The summed E-state index contributed by atoms with van der Waals surface area (Å²) in [5.41, 5.74) is -0.351. The Labute approximate surface area is 119 Å². The SMILES string of the molecule is CCOc1cccc(Sc2ccc(F)c(C(=O)O)c2)n1. The summed E-state index contributed by atoms with van der Waals surface area (Å²) in [5, 5.41) is 9.54. The van der Waals surface area contributed by atoms with Crippen molar-refractivity contribution in [3.8, 4) is 5.88 Å². The van der Waals surface area contributed by atoms with Crippen LogP contribution >= 0.6 is 11.8 Å². The lowest BCUT2D eigenvalue weighted by Gasteiger charge is -2.06. The van der Waals surface area contributed by atoms with Crippen molar-refractivity contribution < 1.29 is 19.0 Å². The Morgan fingerprint density at radius 3 is 2.90 bits per heavy atom. The predicted octanol–water partition coefficient (Wildman–Crippen LogP) is 3.47. The minimum atomic E-state index is -1.29. The third-order valence-electron chi connectivity index (χ3n) is 2.38. The molecule has 0 saturated heterocycles. The van der Waals surface area contributed by atoms with E-state index < -0.39 is 11.8 Å². The number of carboxylic acids is 1. The molecule has 0 aliphatic heterocycles. The number of aromatic carboxylic acids is 1. The molecule has 0 fully saturated rings. The molecule has 0 amide bonds. The van der Waals surface area contributed by atoms with E-state index in [9.17, 15) is 9.18 Å². The second kappa shape index (κ2) is 6.38. The Morgan fingerprint density at radius 1 is 1.40 bits per heavy atom. The summed E-state index contributed by atoms with van der Waals surface area (Å²) in [4.78, 5) is 15.7. The third kappa shape index (κ3) is 3.48. The van der Waals surface area contributed by atoms with Crippen LogP contribution in [-0.4, -0.2) is 22.7 Å². The lowest BCUT2D eigenvalue weighted by atomic mass is 10.2. The Bertz CT molecular complexity index is 634. The predicted molar refractivity (Wildman–Crippen MR) is 72.9 cm³/mol. The van der Waals surface area contributed by atoms with Crippen molar-refractivity contribution in [2.75, 3.05) is 6.61 Å². The highest BCUT2D eigenvalue weighted by atomic mass is 32.2. The Morgan fingerprint density at radius 2 is 2.20 bits per heavy atom. The molecule has 104 valence electrons. The van der Waals surface area contributed by atoms with Gasteiger partial charge in [-0.25, -0.2) is 14.2 Å². The van der Waals surface area contributed by atoms with Crippen LogP contribution < -0.4 is 4.74 Å². The molecule has 1 aromatic heterocycles. The van der Waals surface area contributed by atoms with Gasteiger partial charge >= 0.3 is 5.97 Å². The molecule has 20 heavy (non-hydrogen) atoms. The van der Waals surface area contributed by atoms with Gasteiger partial charge in [-0.2, -0.15) is 0 Å². The van der Waals surface area contributed by atoms with Gasteiger partial charge in [-0.05, 0) is 31.2 Å². The minimum absolute atomic E-state index is 0.351. The Hall–Kier alpha value is -2.08. The van der Waals surface area contributed by atoms with Crippen molar-refractivity contribution >= 4 is 17.7 Å². The van der Waals surface area contributed by atoms with E-state index >= 15 is 0 Å². The van der Waals surface area contributed by atoms with Crippen LogP contribution in [0.1, 0.15) is 17.3 Å². The number of nitrogens with zero attached hydrogens (tertiary/aromatic N) is 1. The van der Waals surface area contributed by atoms with Crippen molar-refractivity contribution in [3.63, 3.8) is 0 Å². The molecule has 6 heteroatoms. The van der Waals surface area contributed by atoms with Crippen molar-refractivity contribution in [1.29, 1.82) is 0 Å². The van der Waals surface area contributed by atoms with Crippen LogP contribution in [0.25, 0.3) is 0 Å². The minimum Gasteiger partial charge on any atom is -0.478 e. The lowest BCUT2D eigenvalue weighted by molar-refractivity contribution is 0.0691. The molecule has 2 aromatic rings. The van der Waals surface area contributed by atoms with Gasteiger partial charge in [-0.1, -0.05) is 17.8 Å². The molecule has 0 unspecified atom stereocenters. The van der Waals surface area contributed by atoms with Gasteiger partial charge in [0.1, 0.15) is 10.8 Å². The molecule has 0 saturated carbocycles. The highest BCUT2D eigenvalue weighted by Crippen LogP contribution is 2.28. The zero-order valence-electron chi connectivity index (χ0n) is 10.7. The zero-order valence-corrected chi connectivity index (χ0v) is 11.5. The quantitative estimate of drug-likeness (QED) is 0.914. The van der Waals surface area contributed by atoms with Gasteiger partial charge in [0.2, 0.25) is 5.88 Å². The molecule has 0 bridgehead atoms. The summed E-state index contributed by atoms with van der Waals surface area (Å²) >= 11 is 1.25. The molecule has 1 N–H and O–H groups in total. The molecule has 1 aromatic carbocycles. The highest BCUT2D eigenvalue weighted by molar-refractivity contribution is 7.99. The number of hydrogen-bond donors (Lipinski definition) is 1. The second-order valence-corrected chi connectivity index (χ2v) is 4.89. The average Bonchev–Trinajstić information content (AvgIpc) is 2.41. The third-order valence-corrected chi connectivity index (χ3v) is 3.31. The van der Waals surface area contributed by atoms with Crippen LogP contribution in [0.15, 0.2) is 46.3 Å². The van der Waals surface area contributed by atoms with Gasteiger partial charge in [0.05, 0.1) is 12.2 Å². The number of hydrogen-bond acceptors (Lipinski definition) is 4. The fourth-order valence-corrected chi connectivity index (χ4v) is 2.37.